The molecule has 0 saturated heterocycles. The van der Waals surface area contributed by atoms with Crippen molar-refractivity contribution in [1.29, 1.82) is 0 Å². The van der Waals surface area contributed by atoms with Crippen LogP contribution in [0.1, 0.15) is 5.69 Å². The van der Waals surface area contributed by atoms with Crippen molar-refractivity contribution in [3.63, 3.8) is 0 Å². The number of aryl methyl sites for hydroxylation is 1. The molecule has 0 aliphatic heterocycles. The van der Waals surface area contributed by atoms with Crippen LogP contribution in [0.3, 0.4) is 0 Å². The summed E-state index contributed by atoms with van der Waals surface area (Å²) in [4.78, 5) is 14.5. The fourth-order valence-electron chi connectivity index (χ4n) is 1.49. The highest BCUT2D eigenvalue weighted by Crippen LogP contribution is 2.25. The standard InChI is InChI=1S/C12H12N4O2/c1-8-2-7-11(16(17)18)12(14-8)15-10-5-3-9(13)4-6-10/h2-7H,13H2,1H3,(H,14,15). The van der Waals surface area contributed by atoms with Gasteiger partial charge in [0.15, 0.2) is 0 Å². The number of benzene rings is 1. The lowest BCUT2D eigenvalue weighted by atomic mass is 10.2. The Kier molecular flexibility index (Phi) is 3.09. The van der Waals surface area contributed by atoms with E-state index in [4.69, 9.17) is 5.73 Å². The third-order valence-electron chi connectivity index (χ3n) is 2.38. The van der Waals surface area contributed by atoms with Crippen molar-refractivity contribution in [2.24, 2.45) is 0 Å². The van der Waals surface area contributed by atoms with Gasteiger partial charge in [-0.15, -0.1) is 0 Å². The lowest BCUT2D eigenvalue weighted by Crippen LogP contribution is -2.00. The number of rotatable bonds is 3. The zero-order valence-electron chi connectivity index (χ0n) is 9.75. The minimum atomic E-state index is -0.466. The van der Waals surface area contributed by atoms with E-state index in [0.717, 1.165) is 0 Å². The number of aromatic nitrogens is 1. The number of nitrogens with one attached hydrogen (secondary N) is 1. The summed E-state index contributed by atoms with van der Waals surface area (Å²) in [6.07, 6.45) is 0. The van der Waals surface area contributed by atoms with E-state index >= 15 is 0 Å². The lowest BCUT2D eigenvalue weighted by Gasteiger charge is -2.07. The van der Waals surface area contributed by atoms with Crippen LogP contribution in [-0.4, -0.2) is 9.91 Å². The van der Waals surface area contributed by atoms with Crippen molar-refractivity contribution in [2.75, 3.05) is 11.1 Å². The van der Waals surface area contributed by atoms with Gasteiger partial charge in [-0.1, -0.05) is 0 Å². The molecule has 0 saturated carbocycles. The van der Waals surface area contributed by atoms with Gasteiger partial charge in [-0.05, 0) is 37.3 Å². The third kappa shape index (κ3) is 2.54. The molecule has 0 aliphatic rings. The smallest absolute Gasteiger partial charge is 0.311 e. The largest absolute Gasteiger partial charge is 0.399 e. The highest BCUT2D eigenvalue weighted by Gasteiger charge is 2.15. The highest BCUT2D eigenvalue weighted by molar-refractivity contribution is 5.66. The Hall–Kier alpha value is -2.63. The first-order valence-electron chi connectivity index (χ1n) is 5.31. The Morgan fingerprint density at radius 3 is 2.50 bits per heavy atom. The van der Waals surface area contributed by atoms with E-state index in [1.54, 1.807) is 37.3 Å². The minimum absolute atomic E-state index is 0.0579. The summed E-state index contributed by atoms with van der Waals surface area (Å²) in [7, 11) is 0. The fraction of sp³-hybridized carbons (Fsp3) is 0.0833. The summed E-state index contributed by atoms with van der Waals surface area (Å²) < 4.78 is 0. The molecule has 0 atom stereocenters. The van der Waals surface area contributed by atoms with Crippen molar-refractivity contribution in [3.8, 4) is 0 Å². The molecule has 0 spiro atoms. The van der Waals surface area contributed by atoms with Gasteiger partial charge in [0.25, 0.3) is 0 Å². The molecule has 1 heterocycles. The van der Waals surface area contributed by atoms with Gasteiger partial charge in [-0.3, -0.25) is 10.1 Å². The fourth-order valence-corrected chi connectivity index (χ4v) is 1.49. The molecule has 1 aromatic heterocycles. The molecule has 0 unspecified atom stereocenters. The molecule has 0 aliphatic carbocycles. The van der Waals surface area contributed by atoms with Gasteiger partial charge >= 0.3 is 5.69 Å². The minimum Gasteiger partial charge on any atom is -0.399 e. The van der Waals surface area contributed by atoms with Crippen LogP contribution in [0.5, 0.6) is 0 Å². The molecule has 6 heteroatoms. The average Bonchev–Trinajstić information content (AvgIpc) is 2.32. The number of anilines is 3. The van der Waals surface area contributed by atoms with Crippen molar-refractivity contribution < 1.29 is 4.92 Å². The predicted octanol–water partition coefficient (Wildman–Crippen LogP) is 2.62. The second kappa shape index (κ2) is 4.70. The maximum Gasteiger partial charge on any atom is 0.311 e. The number of pyridine rings is 1. The number of nitrogens with two attached hydrogens (primary N) is 1. The van der Waals surface area contributed by atoms with E-state index in [0.29, 0.717) is 17.1 Å². The Labute approximate surface area is 104 Å². The molecule has 3 N–H and O–H groups in total. The summed E-state index contributed by atoms with van der Waals surface area (Å²) in [6, 6.07) is 9.94. The number of nitro groups is 1. The highest BCUT2D eigenvalue weighted by atomic mass is 16.6. The topological polar surface area (TPSA) is 94.1 Å². The molecule has 18 heavy (non-hydrogen) atoms. The van der Waals surface area contributed by atoms with Crippen molar-refractivity contribution in [1.82, 2.24) is 4.98 Å². The second-order valence-electron chi connectivity index (χ2n) is 3.82. The Morgan fingerprint density at radius 1 is 1.22 bits per heavy atom. The number of hydrogen-bond acceptors (Lipinski definition) is 5. The molecule has 1 aromatic carbocycles. The van der Waals surface area contributed by atoms with E-state index in [1.807, 2.05) is 0 Å². The first-order chi connectivity index (χ1) is 8.56. The van der Waals surface area contributed by atoms with Gasteiger partial charge in [0.05, 0.1) is 4.92 Å². The van der Waals surface area contributed by atoms with Crippen LogP contribution < -0.4 is 11.1 Å². The summed E-state index contributed by atoms with van der Waals surface area (Å²) >= 11 is 0. The lowest BCUT2D eigenvalue weighted by molar-refractivity contribution is -0.384. The van der Waals surface area contributed by atoms with Gasteiger partial charge < -0.3 is 11.1 Å². The third-order valence-corrected chi connectivity index (χ3v) is 2.38. The van der Waals surface area contributed by atoms with Crippen LogP contribution in [-0.2, 0) is 0 Å². The molecule has 92 valence electrons. The van der Waals surface area contributed by atoms with E-state index in [1.165, 1.54) is 6.07 Å². The number of nitrogen functional groups attached to an aromatic ring is 1. The number of hydrogen-bond donors (Lipinski definition) is 2. The van der Waals surface area contributed by atoms with Gasteiger partial charge in [0.1, 0.15) is 0 Å². The SMILES string of the molecule is Cc1ccc([N+](=O)[O-])c(Nc2ccc(N)cc2)n1. The predicted molar refractivity (Wildman–Crippen MR) is 69.8 cm³/mol. The van der Waals surface area contributed by atoms with Crippen LogP contribution in [0.2, 0.25) is 0 Å². The molecule has 6 nitrogen and oxygen atoms in total. The summed E-state index contributed by atoms with van der Waals surface area (Å²) in [6.45, 7) is 1.78. The molecule has 0 fully saturated rings. The first-order valence-corrected chi connectivity index (χ1v) is 5.31. The van der Waals surface area contributed by atoms with Gasteiger partial charge in [-0.25, -0.2) is 4.98 Å². The summed E-state index contributed by atoms with van der Waals surface area (Å²) in [5, 5.41) is 13.8. The van der Waals surface area contributed by atoms with Crippen LogP contribution in [0, 0.1) is 17.0 Å². The first kappa shape index (κ1) is 11.8. The second-order valence-corrected chi connectivity index (χ2v) is 3.82. The van der Waals surface area contributed by atoms with Crippen molar-refractivity contribution in [2.45, 2.75) is 6.92 Å². The van der Waals surface area contributed by atoms with Crippen molar-refractivity contribution >= 4 is 22.9 Å². The molecular formula is C12H12N4O2. The maximum absolute atomic E-state index is 10.9. The molecule has 0 bridgehead atoms. The maximum atomic E-state index is 10.9. The Morgan fingerprint density at radius 2 is 1.89 bits per heavy atom. The molecule has 0 radical (unpaired) electrons. The molecule has 2 rings (SSSR count). The molecule has 0 amide bonds. The average molecular weight is 244 g/mol. The van der Waals surface area contributed by atoms with E-state index in [2.05, 4.69) is 10.3 Å². The zero-order chi connectivity index (χ0) is 13.1. The summed E-state index contributed by atoms with van der Waals surface area (Å²) in [5.74, 6) is 0.227. The normalized spacial score (nSPS) is 10.1. The molecule has 2 aromatic rings. The van der Waals surface area contributed by atoms with Crippen LogP contribution in [0.4, 0.5) is 22.9 Å². The van der Waals surface area contributed by atoms with Crippen LogP contribution >= 0.6 is 0 Å². The number of nitrogens with zero attached hydrogens (tertiary/aromatic N) is 2. The summed E-state index contributed by atoms with van der Waals surface area (Å²) in [5.41, 5.74) is 7.55. The zero-order valence-corrected chi connectivity index (χ0v) is 9.75. The molecular weight excluding hydrogens is 232 g/mol. The van der Waals surface area contributed by atoms with Gasteiger partial charge in [-0.2, -0.15) is 0 Å². The van der Waals surface area contributed by atoms with Gasteiger partial charge in [0, 0.05) is 23.1 Å². The monoisotopic (exact) mass is 244 g/mol. The van der Waals surface area contributed by atoms with Crippen LogP contribution in [0.15, 0.2) is 36.4 Å². The quantitative estimate of drug-likeness (QED) is 0.491. The van der Waals surface area contributed by atoms with Crippen LogP contribution in [0.25, 0.3) is 0 Å². The van der Waals surface area contributed by atoms with Gasteiger partial charge in [0.2, 0.25) is 5.82 Å². The van der Waals surface area contributed by atoms with E-state index in [-0.39, 0.29) is 11.5 Å². The Balaban J connectivity index is 2.35. The van der Waals surface area contributed by atoms with E-state index < -0.39 is 4.92 Å². The van der Waals surface area contributed by atoms with Crippen molar-refractivity contribution in [3.05, 3.63) is 52.2 Å². The van der Waals surface area contributed by atoms with E-state index in [9.17, 15) is 10.1 Å². The Bertz CT molecular complexity index is 581.